The molecule has 0 fully saturated rings. The minimum absolute atomic E-state index is 0.0672. The number of halogens is 2. The Morgan fingerprint density at radius 1 is 0.231 bits per heavy atom. The Balaban J connectivity index is 1.06. The SMILES string of the molecule is CCCCCCCCCCCCCCCCCCCCC1(CCCCCCCCCCCCCCCCCCCC)c2cc3c(cc2-c2c1cc(Br)c1nsnc21)C(CCCCCCCCCCCCCCCCCCCC)(CCCCCCCCCCCCCCCCCCCC)c1cc(I)c2nsnc2c1-3. The number of benzene rings is 3. The highest BCUT2D eigenvalue weighted by Gasteiger charge is 2.50. The summed E-state index contributed by atoms with van der Waals surface area (Å²) in [6, 6.07) is 10.9. The van der Waals surface area contributed by atoms with E-state index in [0.29, 0.717) is 0 Å². The predicted molar refractivity (Wildman–Crippen MR) is 495 cm³/mol. The molecule has 8 heteroatoms. The molecule has 4 nitrogen and oxygen atoms in total. The van der Waals surface area contributed by atoms with Crippen LogP contribution < -0.4 is 0 Å². The molecule has 2 aliphatic carbocycles. The lowest BCUT2D eigenvalue weighted by Crippen LogP contribution is -2.27. The molecule has 2 heterocycles. The van der Waals surface area contributed by atoms with Gasteiger partial charge in [0.25, 0.3) is 0 Å². The van der Waals surface area contributed by atoms with Crippen molar-refractivity contribution in [2.24, 2.45) is 0 Å². The number of hydrogen-bond acceptors (Lipinski definition) is 6. The van der Waals surface area contributed by atoms with E-state index in [1.54, 1.807) is 22.3 Å². The molecule has 0 saturated carbocycles. The van der Waals surface area contributed by atoms with Crippen molar-refractivity contribution in [2.45, 2.75) is 527 Å². The van der Waals surface area contributed by atoms with E-state index in [1.165, 1.54) is 543 Å². The van der Waals surface area contributed by atoms with Gasteiger partial charge in [0, 0.05) is 30.0 Å². The Labute approximate surface area is 699 Å². The smallest absolute Gasteiger partial charge is 0.119 e. The largest absolute Gasteiger partial charge is 0.172 e. The molecule has 7 rings (SSSR count). The van der Waals surface area contributed by atoms with Crippen molar-refractivity contribution in [3.8, 4) is 22.3 Å². The maximum Gasteiger partial charge on any atom is 0.119 e. The van der Waals surface area contributed by atoms with Gasteiger partial charge >= 0.3 is 0 Å². The fraction of sp³-hybridized carbons (Fsp3) is 0.820. The molecule has 0 radical (unpaired) electrons. The van der Waals surface area contributed by atoms with Crippen LogP contribution in [0.3, 0.4) is 0 Å². The lowest BCUT2D eigenvalue weighted by molar-refractivity contribution is 0.393. The van der Waals surface area contributed by atoms with E-state index >= 15 is 0 Å². The summed E-state index contributed by atoms with van der Waals surface area (Å²) in [7, 11) is 0. The predicted octanol–water partition coefficient (Wildman–Crippen LogP) is 37.3. The van der Waals surface area contributed by atoms with E-state index in [0.717, 1.165) is 21.0 Å². The third kappa shape index (κ3) is 33.6. The van der Waals surface area contributed by atoms with Gasteiger partial charge in [-0.1, -0.05) is 490 Å². The van der Waals surface area contributed by atoms with Gasteiger partial charge < -0.3 is 0 Å². The molecule has 0 unspecified atom stereocenters. The average molecular weight is 1700 g/mol. The normalized spacial score (nSPS) is 13.5. The Morgan fingerprint density at radius 3 is 0.648 bits per heavy atom. The van der Waals surface area contributed by atoms with Crippen LogP contribution >= 0.6 is 62.0 Å². The Kier molecular flexibility index (Phi) is 52.1. The van der Waals surface area contributed by atoms with Gasteiger partial charge in [-0.25, -0.2) is 0 Å². The molecule has 0 saturated heterocycles. The molecule has 0 bridgehead atoms. The lowest BCUT2D eigenvalue weighted by atomic mass is 9.68. The molecular weight excluding hydrogens is 1530 g/mol. The molecule has 0 aliphatic heterocycles. The number of aromatic nitrogens is 4. The molecule has 2 aromatic heterocycles. The van der Waals surface area contributed by atoms with Crippen LogP contribution in [-0.2, 0) is 10.8 Å². The molecule has 0 amide bonds. The van der Waals surface area contributed by atoms with Crippen LogP contribution in [0, 0.1) is 3.57 Å². The van der Waals surface area contributed by atoms with E-state index in [-0.39, 0.29) is 10.8 Å². The first kappa shape index (κ1) is 93.7. The minimum Gasteiger partial charge on any atom is -0.172 e. The van der Waals surface area contributed by atoms with Crippen LogP contribution in [0.5, 0.6) is 0 Å². The van der Waals surface area contributed by atoms with Crippen LogP contribution in [-0.4, -0.2) is 17.5 Å². The third-order valence-corrected chi connectivity index (χ3v) is 29.1. The van der Waals surface area contributed by atoms with Gasteiger partial charge in [-0.3, -0.25) is 0 Å². The highest BCUT2D eigenvalue weighted by molar-refractivity contribution is 14.1. The van der Waals surface area contributed by atoms with Gasteiger partial charge in [0.2, 0.25) is 0 Å². The van der Waals surface area contributed by atoms with Crippen LogP contribution in [0.2, 0.25) is 0 Å². The van der Waals surface area contributed by atoms with Gasteiger partial charge in [0.15, 0.2) is 0 Å². The number of fused-ring (bicyclic) bond motifs is 10. The van der Waals surface area contributed by atoms with Crippen LogP contribution in [0.15, 0.2) is 28.7 Å². The zero-order valence-electron chi connectivity index (χ0n) is 71.4. The molecular formula is C100H168BrIN4S2. The van der Waals surface area contributed by atoms with Gasteiger partial charge in [-0.2, -0.15) is 17.5 Å². The maximum atomic E-state index is 5.36. The first-order valence-corrected chi connectivity index (χ1v) is 51.9. The summed E-state index contributed by atoms with van der Waals surface area (Å²) in [6.45, 7) is 9.32. The molecule has 0 atom stereocenters. The van der Waals surface area contributed by atoms with Crippen molar-refractivity contribution in [2.75, 3.05) is 0 Å². The number of rotatable bonds is 76. The molecule has 5 aromatic rings. The van der Waals surface area contributed by atoms with Gasteiger partial charge in [-0.05, 0) is 122 Å². The topological polar surface area (TPSA) is 51.6 Å². The van der Waals surface area contributed by atoms with E-state index in [1.807, 2.05) is 0 Å². The third-order valence-electron chi connectivity index (χ3n) is 26.6. The summed E-state index contributed by atoms with van der Waals surface area (Å²) >= 11 is 9.73. The van der Waals surface area contributed by atoms with E-state index in [2.05, 4.69) is 90.5 Å². The highest BCUT2D eigenvalue weighted by atomic mass is 127. The molecule has 3 aromatic carbocycles. The summed E-state index contributed by atoms with van der Waals surface area (Å²) in [5, 5.41) is 0. The highest BCUT2D eigenvalue weighted by Crippen LogP contribution is 2.63. The number of hydrogen-bond donors (Lipinski definition) is 0. The Morgan fingerprint density at radius 2 is 0.417 bits per heavy atom. The number of nitrogens with zero attached hydrogens (tertiary/aromatic N) is 4. The van der Waals surface area contributed by atoms with Gasteiger partial charge in [0.1, 0.15) is 22.1 Å². The molecule has 0 spiro atoms. The van der Waals surface area contributed by atoms with Crippen LogP contribution in [0.25, 0.3) is 44.3 Å². The van der Waals surface area contributed by atoms with Crippen molar-refractivity contribution >= 4 is 84.0 Å². The van der Waals surface area contributed by atoms with E-state index in [4.69, 9.17) is 17.5 Å². The molecule has 2 aliphatic rings. The Hall–Kier alpha value is -1.49. The summed E-state index contributed by atoms with van der Waals surface area (Å²) in [5.74, 6) is 0. The standard InChI is InChI=1S/C100H168BrIN4S2/c1-5-9-13-17-21-25-29-33-37-41-45-49-53-57-61-65-69-73-77-99(78-74-70-66-62-58-54-50-46-42-38-34-30-26-22-18-14-10-6-2)87-82-86-88(81-85(87)93-89(99)83-91(101)95-97(93)105-107-103-95)100(90-84-92(102)96-98(94(86)90)106-108-104-96,79-75-71-67-63-59-55-51-47-43-39-35-31-27-23-19-15-11-7-3)80-76-72-68-64-60-56-52-48-44-40-36-32-28-24-20-16-12-8-4/h81-84H,5-80H2,1-4H3. The molecule has 108 heavy (non-hydrogen) atoms. The first-order chi connectivity index (χ1) is 53.5. The van der Waals surface area contributed by atoms with Crippen LogP contribution in [0.4, 0.5) is 0 Å². The summed E-state index contributed by atoms with van der Waals surface area (Å²) in [6.07, 6.45) is 107. The van der Waals surface area contributed by atoms with Crippen molar-refractivity contribution in [1.82, 2.24) is 17.5 Å². The monoisotopic (exact) mass is 1700 g/mol. The maximum absolute atomic E-state index is 5.36. The molecule has 614 valence electrons. The quantitative estimate of drug-likeness (QED) is 0.0288. The second-order valence-corrected chi connectivity index (χ2v) is 38.7. The second kappa shape index (κ2) is 60.1. The summed E-state index contributed by atoms with van der Waals surface area (Å²) < 4.78 is 23.3. The average Bonchev–Trinajstić information content (AvgIpc) is 1.52. The van der Waals surface area contributed by atoms with Crippen LogP contribution in [0.1, 0.15) is 538 Å². The Bertz CT molecular complexity index is 2740. The first-order valence-electron chi connectivity index (χ1n) is 48.6. The fourth-order valence-electron chi connectivity index (χ4n) is 19.8. The lowest BCUT2D eigenvalue weighted by Gasteiger charge is -2.35. The summed E-state index contributed by atoms with van der Waals surface area (Å²) in [4.78, 5) is 0. The van der Waals surface area contributed by atoms with Gasteiger partial charge in [-0.15, -0.1) is 0 Å². The number of unbranched alkanes of at least 4 members (excludes halogenated alkanes) is 68. The summed E-state index contributed by atoms with van der Waals surface area (Å²) in [5.41, 5.74) is 16.5. The van der Waals surface area contributed by atoms with Gasteiger partial charge in [0.05, 0.1) is 23.5 Å². The second-order valence-electron chi connectivity index (χ2n) is 35.6. The van der Waals surface area contributed by atoms with Crippen molar-refractivity contribution in [3.63, 3.8) is 0 Å². The van der Waals surface area contributed by atoms with E-state index < -0.39 is 0 Å². The van der Waals surface area contributed by atoms with Crippen molar-refractivity contribution < 1.29 is 0 Å². The van der Waals surface area contributed by atoms with Crippen molar-refractivity contribution in [3.05, 3.63) is 54.6 Å². The van der Waals surface area contributed by atoms with E-state index in [9.17, 15) is 0 Å². The van der Waals surface area contributed by atoms with Crippen molar-refractivity contribution in [1.29, 1.82) is 0 Å². The zero-order valence-corrected chi connectivity index (χ0v) is 76.8. The fourth-order valence-corrected chi connectivity index (χ4v) is 22.5. The molecule has 0 N–H and O–H groups in total. The zero-order chi connectivity index (χ0) is 75.9. The minimum atomic E-state index is -0.0847.